The second kappa shape index (κ2) is 10.9. The first-order valence-electron chi connectivity index (χ1n) is 16.3. The molecule has 0 aliphatic heterocycles. The van der Waals surface area contributed by atoms with Gasteiger partial charge in [-0.3, -0.25) is 0 Å². The van der Waals surface area contributed by atoms with Crippen LogP contribution in [0.1, 0.15) is 87.6 Å². The Bertz CT molecular complexity index is 1710. The normalized spacial score (nSPS) is 24.8. The number of fused-ring (bicyclic) bond motifs is 5. The van der Waals surface area contributed by atoms with Crippen LogP contribution in [0.5, 0.6) is 0 Å². The fourth-order valence-electron chi connectivity index (χ4n) is 8.61. The topological polar surface area (TPSA) is 38.7 Å². The first-order valence-corrected chi connectivity index (χ1v) is 16.3. The van der Waals surface area contributed by atoms with E-state index >= 15 is 0 Å². The van der Waals surface area contributed by atoms with Gasteiger partial charge in [-0.05, 0) is 103 Å². The molecule has 3 nitrogen and oxygen atoms in total. The van der Waals surface area contributed by atoms with Crippen molar-refractivity contribution in [3.63, 3.8) is 0 Å². The zero-order chi connectivity index (χ0) is 28.8. The third-order valence-electron chi connectivity index (χ3n) is 10.7. The quantitative estimate of drug-likeness (QED) is 0.249. The monoisotopic (exact) mass is 561 g/mol. The maximum absolute atomic E-state index is 5.07. The van der Waals surface area contributed by atoms with E-state index in [1.165, 1.54) is 56.1 Å². The maximum Gasteiger partial charge on any atom is 0.164 e. The average molecular weight is 562 g/mol. The molecule has 1 fully saturated rings. The van der Waals surface area contributed by atoms with E-state index in [-0.39, 0.29) is 5.41 Å². The zero-order valence-corrected chi connectivity index (χ0v) is 25.1. The fourth-order valence-corrected chi connectivity index (χ4v) is 8.61. The van der Waals surface area contributed by atoms with Crippen LogP contribution in [0.25, 0.3) is 33.9 Å². The largest absolute Gasteiger partial charge is 0.209 e. The summed E-state index contributed by atoms with van der Waals surface area (Å²) in [7, 11) is 0. The first kappa shape index (κ1) is 26.5. The van der Waals surface area contributed by atoms with Gasteiger partial charge in [0.2, 0.25) is 0 Å². The highest BCUT2D eigenvalue weighted by Gasteiger charge is 2.48. The highest BCUT2D eigenvalue weighted by Crippen LogP contribution is 2.62. The SMILES string of the molecule is CC12CC(C3=CCCC(c4nc(-c5ccccc5)nc(-c5ccccc5)n4)=C3)CCC1c1ccccc1C1=C2CCCC1. The summed E-state index contributed by atoms with van der Waals surface area (Å²) in [5, 5.41) is 0. The van der Waals surface area contributed by atoms with Crippen molar-refractivity contribution < 1.29 is 0 Å². The molecule has 0 bridgehead atoms. The second-order valence-electron chi connectivity index (χ2n) is 13.2. The minimum absolute atomic E-state index is 0.243. The lowest BCUT2D eigenvalue weighted by atomic mass is 9.52. The fraction of sp³-hybridized carbons (Fsp3) is 0.325. The van der Waals surface area contributed by atoms with Gasteiger partial charge in [0.15, 0.2) is 17.5 Å². The van der Waals surface area contributed by atoms with Crippen LogP contribution in [0.2, 0.25) is 0 Å². The molecule has 1 aromatic heterocycles. The predicted octanol–water partition coefficient (Wildman–Crippen LogP) is 10.2. The van der Waals surface area contributed by atoms with E-state index in [2.05, 4.69) is 91.9 Å². The molecule has 1 saturated carbocycles. The van der Waals surface area contributed by atoms with E-state index in [9.17, 15) is 0 Å². The predicted molar refractivity (Wildman–Crippen MR) is 176 cm³/mol. The van der Waals surface area contributed by atoms with Gasteiger partial charge in [0.25, 0.3) is 0 Å². The molecule has 214 valence electrons. The average Bonchev–Trinajstić information content (AvgIpc) is 3.09. The molecule has 4 aliphatic rings. The van der Waals surface area contributed by atoms with Gasteiger partial charge in [-0.2, -0.15) is 0 Å². The molecule has 0 radical (unpaired) electrons. The molecule has 3 unspecified atom stereocenters. The molecule has 8 rings (SSSR count). The summed E-state index contributed by atoms with van der Waals surface area (Å²) in [6.45, 7) is 2.61. The van der Waals surface area contributed by atoms with Gasteiger partial charge >= 0.3 is 0 Å². The van der Waals surface area contributed by atoms with Gasteiger partial charge in [0.05, 0.1) is 0 Å². The first-order chi connectivity index (χ1) is 21.2. The Kier molecular flexibility index (Phi) is 6.70. The van der Waals surface area contributed by atoms with Crippen molar-refractivity contribution in [1.82, 2.24) is 15.0 Å². The Hall–Kier alpha value is -4.11. The summed E-state index contributed by atoms with van der Waals surface area (Å²) in [5.41, 5.74) is 11.7. The smallest absolute Gasteiger partial charge is 0.164 e. The van der Waals surface area contributed by atoms with Gasteiger partial charge < -0.3 is 0 Å². The molecule has 4 aromatic rings. The van der Waals surface area contributed by atoms with Crippen LogP contribution in [0.3, 0.4) is 0 Å². The lowest BCUT2D eigenvalue weighted by Gasteiger charge is -2.52. The summed E-state index contributed by atoms with van der Waals surface area (Å²) in [6.07, 6.45) is 15.9. The van der Waals surface area contributed by atoms with Crippen LogP contribution in [-0.4, -0.2) is 15.0 Å². The van der Waals surface area contributed by atoms with E-state index in [1.54, 1.807) is 22.3 Å². The Morgan fingerprint density at radius 3 is 2.07 bits per heavy atom. The number of rotatable bonds is 4. The Morgan fingerprint density at radius 1 is 0.674 bits per heavy atom. The molecule has 0 saturated heterocycles. The third kappa shape index (κ3) is 4.70. The van der Waals surface area contributed by atoms with Crippen molar-refractivity contribution in [2.24, 2.45) is 11.3 Å². The van der Waals surface area contributed by atoms with Crippen molar-refractivity contribution in [3.05, 3.63) is 125 Å². The van der Waals surface area contributed by atoms with Gasteiger partial charge in [0, 0.05) is 11.1 Å². The molecule has 0 N–H and O–H groups in total. The number of hydrogen-bond acceptors (Lipinski definition) is 3. The van der Waals surface area contributed by atoms with Gasteiger partial charge in [0.1, 0.15) is 0 Å². The number of allylic oxidation sites excluding steroid dienone is 6. The van der Waals surface area contributed by atoms with Crippen LogP contribution >= 0.6 is 0 Å². The highest BCUT2D eigenvalue weighted by molar-refractivity contribution is 5.77. The van der Waals surface area contributed by atoms with Crippen LogP contribution in [0, 0.1) is 11.3 Å². The summed E-state index contributed by atoms with van der Waals surface area (Å²) < 4.78 is 0. The van der Waals surface area contributed by atoms with Crippen molar-refractivity contribution >= 4 is 11.1 Å². The number of aromatic nitrogens is 3. The molecular formula is C40H39N3. The molecule has 43 heavy (non-hydrogen) atoms. The standard InChI is InChI=1S/C40H39N3/c1-40-26-31(23-24-36(40)34-20-9-8-19-32(34)33-21-10-11-22-35(33)40)29-17-12-18-30(25-29)39-42-37(27-13-4-2-5-14-27)41-38(43-39)28-15-6-3-7-16-28/h2-9,13-17,19-20,25,31,36H,10-12,18,21-24,26H2,1H3. The molecule has 3 aromatic carbocycles. The van der Waals surface area contributed by atoms with E-state index < -0.39 is 0 Å². The minimum Gasteiger partial charge on any atom is -0.209 e. The lowest BCUT2D eigenvalue weighted by molar-refractivity contribution is 0.172. The van der Waals surface area contributed by atoms with Crippen LogP contribution in [0.4, 0.5) is 0 Å². The molecule has 3 heteroatoms. The molecule has 0 amide bonds. The van der Waals surface area contributed by atoms with E-state index in [0.29, 0.717) is 11.8 Å². The second-order valence-corrected chi connectivity index (χ2v) is 13.2. The minimum atomic E-state index is 0.243. The Morgan fingerprint density at radius 2 is 1.33 bits per heavy atom. The van der Waals surface area contributed by atoms with Crippen LogP contribution in [-0.2, 0) is 0 Å². The number of benzene rings is 3. The Labute approximate surface area is 255 Å². The Balaban J connectivity index is 1.15. The zero-order valence-electron chi connectivity index (χ0n) is 25.1. The molecule has 4 aliphatic carbocycles. The van der Waals surface area contributed by atoms with Crippen molar-refractivity contribution in [1.29, 1.82) is 0 Å². The lowest BCUT2D eigenvalue weighted by Crippen LogP contribution is -2.39. The summed E-state index contributed by atoms with van der Waals surface area (Å²) in [6, 6.07) is 30.0. The summed E-state index contributed by atoms with van der Waals surface area (Å²) in [5.74, 6) is 3.51. The van der Waals surface area contributed by atoms with E-state index in [0.717, 1.165) is 41.4 Å². The third-order valence-corrected chi connectivity index (χ3v) is 10.7. The van der Waals surface area contributed by atoms with Crippen LogP contribution < -0.4 is 0 Å². The molecule has 0 spiro atoms. The molecular weight excluding hydrogens is 522 g/mol. The maximum atomic E-state index is 5.07. The summed E-state index contributed by atoms with van der Waals surface area (Å²) in [4.78, 5) is 15.1. The van der Waals surface area contributed by atoms with Crippen LogP contribution in [0.15, 0.2) is 108 Å². The van der Waals surface area contributed by atoms with Crippen molar-refractivity contribution in [2.45, 2.75) is 70.6 Å². The van der Waals surface area contributed by atoms with Gasteiger partial charge in [-0.1, -0.05) is 110 Å². The number of nitrogens with zero attached hydrogens (tertiary/aromatic N) is 3. The molecule has 3 atom stereocenters. The summed E-state index contributed by atoms with van der Waals surface area (Å²) >= 11 is 0. The van der Waals surface area contributed by atoms with E-state index in [4.69, 9.17) is 15.0 Å². The highest BCUT2D eigenvalue weighted by atomic mass is 15.0. The van der Waals surface area contributed by atoms with Gasteiger partial charge in [-0.25, -0.2) is 15.0 Å². The molecule has 1 heterocycles. The van der Waals surface area contributed by atoms with Gasteiger partial charge in [-0.15, -0.1) is 0 Å². The van der Waals surface area contributed by atoms with Crippen molar-refractivity contribution in [2.75, 3.05) is 0 Å². The number of hydrogen-bond donors (Lipinski definition) is 0. The van der Waals surface area contributed by atoms with E-state index in [1.807, 2.05) is 12.1 Å². The van der Waals surface area contributed by atoms with Crippen molar-refractivity contribution in [3.8, 4) is 22.8 Å².